The van der Waals surface area contributed by atoms with Crippen LogP contribution in [0.25, 0.3) is 16.8 Å². The summed E-state index contributed by atoms with van der Waals surface area (Å²) in [5, 5.41) is 5.09. The fourth-order valence-electron chi connectivity index (χ4n) is 3.78. The van der Waals surface area contributed by atoms with E-state index in [1.807, 2.05) is 73.7 Å². The molecule has 1 amide bonds. The van der Waals surface area contributed by atoms with Gasteiger partial charge in [0.05, 0.1) is 22.8 Å². The minimum absolute atomic E-state index is 0.223. The van der Waals surface area contributed by atoms with Crippen LogP contribution in [0.2, 0.25) is 0 Å². The van der Waals surface area contributed by atoms with Crippen LogP contribution >= 0.6 is 11.8 Å². The molecule has 36 heavy (non-hydrogen) atoms. The maximum absolute atomic E-state index is 13.0. The van der Waals surface area contributed by atoms with Crippen molar-refractivity contribution in [2.75, 3.05) is 6.61 Å². The number of amides is 1. The summed E-state index contributed by atoms with van der Waals surface area (Å²) in [7, 11) is 0. The van der Waals surface area contributed by atoms with E-state index >= 15 is 0 Å². The first-order valence-electron chi connectivity index (χ1n) is 11.4. The topological polar surface area (TPSA) is 77.0 Å². The number of thioether (sulfide) groups is 1. The molecule has 1 aliphatic rings. The van der Waals surface area contributed by atoms with Gasteiger partial charge in [0.2, 0.25) is 0 Å². The number of ether oxygens (including phenoxy) is 2. The Hall–Kier alpha value is -4.36. The molecule has 1 fully saturated rings. The highest BCUT2D eigenvalue weighted by atomic mass is 32.2. The molecular weight excluding hydrogens is 472 g/mol. The van der Waals surface area contributed by atoms with Crippen molar-refractivity contribution in [3.05, 3.63) is 107 Å². The molecule has 0 atom stereocenters. The normalized spacial score (nSPS) is 15.3. The fraction of sp³-hybridized carbons (Fsp3) is 0.0690. The summed E-state index contributed by atoms with van der Waals surface area (Å²) in [5.74, 6) is 0.0410. The molecule has 4 aromatic rings. The van der Waals surface area contributed by atoms with Crippen molar-refractivity contribution in [1.82, 2.24) is 5.32 Å². The lowest BCUT2D eigenvalue weighted by molar-refractivity contribution is -0.115. The van der Waals surface area contributed by atoms with Gasteiger partial charge < -0.3 is 14.8 Å². The molecule has 0 aromatic heterocycles. The molecule has 0 unspecified atom stereocenters. The highest BCUT2D eigenvalue weighted by Gasteiger charge is 2.24. The molecule has 0 spiro atoms. The van der Waals surface area contributed by atoms with Gasteiger partial charge in [0.1, 0.15) is 0 Å². The largest absolute Gasteiger partial charge is 0.490 e. The second-order valence-corrected chi connectivity index (χ2v) is 8.90. The van der Waals surface area contributed by atoms with Crippen LogP contribution in [-0.4, -0.2) is 23.7 Å². The van der Waals surface area contributed by atoms with E-state index in [0.717, 1.165) is 22.0 Å². The molecule has 5 rings (SSSR count). The number of nitrogens with zero attached hydrogens (tertiary/aromatic N) is 1. The first kappa shape index (κ1) is 23.4. The number of rotatable bonds is 6. The van der Waals surface area contributed by atoms with Gasteiger partial charge in [0.25, 0.3) is 5.91 Å². The average molecular weight is 495 g/mol. The second kappa shape index (κ2) is 10.5. The Balaban J connectivity index is 1.38. The first-order chi connectivity index (χ1) is 17.6. The van der Waals surface area contributed by atoms with Crippen LogP contribution in [0.1, 0.15) is 22.8 Å². The maximum atomic E-state index is 13.0. The van der Waals surface area contributed by atoms with Crippen molar-refractivity contribution in [2.24, 2.45) is 4.99 Å². The number of amidine groups is 1. The van der Waals surface area contributed by atoms with Crippen molar-refractivity contribution in [3.8, 4) is 11.5 Å². The predicted octanol–water partition coefficient (Wildman–Crippen LogP) is 6.35. The van der Waals surface area contributed by atoms with Crippen LogP contribution in [0.3, 0.4) is 0 Å². The summed E-state index contributed by atoms with van der Waals surface area (Å²) < 4.78 is 11.5. The van der Waals surface area contributed by atoms with E-state index < -0.39 is 5.97 Å². The molecule has 1 heterocycles. The lowest BCUT2D eigenvalue weighted by Gasteiger charge is -2.12. The number of esters is 1. The fourth-order valence-corrected chi connectivity index (χ4v) is 4.62. The Morgan fingerprint density at radius 2 is 1.72 bits per heavy atom. The standard InChI is InChI=1S/C29H22N2O4S/c1-2-34-25-17-19(18-26-27(32)31-29(36-26)30-21-11-4-3-5-12-21)15-16-24(25)35-28(33)23-14-8-10-20-9-6-7-13-22(20)23/h3-18H,2H2,1H3,(H,30,31,32)/b26-18-. The Labute approximate surface area is 212 Å². The Morgan fingerprint density at radius 3 is 2.56 bits per heavy atom. The third-order valence-electron chi connectivity index (χ3n) is 5.42. The van der Waals surface area contributed by atoms with Gasteiger partial charge in [-0.2, -0.15) is 0 Å². The van der Waals surface area contributed by atoms with Crippen molar-refractivity contribution >= 4 is 51.3 Å². The van der Waals surface area contributed by atoms with Crippen molar-refractivity contribution < 1.29 is 19.1 Å². The van der Waals surface area contributed by atoms with E-state index in [-0.39, 0.29) is 5.91 Å². The average Bonchev–Trinajstić information content (AvgIpc) is 3.24. The highest BCUT2D eigenvalue weighted by molar-refractivity contribution is 8.18. The van der Waals surface area contributed by atoms with Gasteiger partial charge in [-0.15, -0.1) is 0 Å². The summed E-state index contributed by atoms with van der Waals surface area (Å²) in [6.45, 7) is 2.25. The summed E-state index contributed by atoms with van der Waals surface area (Å²) in [4.78, 5) is 30.5. The van der Waals surface area contributed by atoms with E-state index in [1.54, 1.807) is 30.3 Å². The lowest BCUT2D eigenvalue weighted by Crippen LogP contribution is -2.19. The van der Waals surface area contributed by atoms with Crippen LogP contribution in [0.5, 0.6) is 11.5 Å². The Kier molecular flexibility index (Phi) is 6.82. The van der Waals surface area contributed by atoms with Gasteiger partial charge in [0, 0.05) is 0 Å². The molecule has 6 nitrogen and oxygen atoms in total. The van der Waals surface area contributed by atoms with Gasteiger partial charge in [-0.25, -0.2) is 9.79 Å². The highest BCUT2D eigenvalue weighted by Crippen LogP contribution is 2.33. The molecule has 0 aliphatic carbocycles. The zero-order valence-electron chi connectivity index (χ0n) is 19.4. The Bertz CT molecular complexity index is 1510. The van der Waals surface area contributed by atoms with E-state index in [0.29, 0.717) is 33.7 Å². The molecule has 1 saturated heterocycles. The second-order valence-electron chi connectivity index (χ2n) is 7.87. The molecule has 0 bridgehead atoms. The van der Waals surface area contributed by atoms with Gasteiger partial charge in [0.15, 0.2) is 16.7 Å². The maximum Gasteiger partial charge on any atom is 0.344 e. The third kappa shape index (κ3) is 5.16. The lowest BCUT2D eigenvalue weighted by atomic mass is 10.0. The number of aliphatic imine (C=N–C) groups is 1. The zero-order chi connectivity index (χ0) is 24.9. The molecule has 178 valence electrons. The number of nitrogens with one attached hydrogen (secondary N) is 1. The number of carbonyl (C=O) groups excluding carboxylic acids is 2. The molecule has 1 aliphatic heterocycles. The molecule has 0 radical (unpaired) electrons. The monoisotopic (exact) mass is 494 g/mol. The third-order valence-corrected chi connectivity index (χ3v) is 6.33. The summed E-state index contributed by atoms with van der Waals surface area (Å²) >= 11 is 1.27. The molecule has 7 heteroatoms. The smallest absolute Gasteiger partial charge is 0.344 e. The van der Waals surface area contributed by atoms with E-state index in [1.165, 1.54) is 11.8 Å². The molecule has 1 N–H and O–H groups in total. The van der Waals surface area contributed by atoms with Crippen LogP contribution in [0.15, 0.2) is 101 Å². The van der Waals surface area contributed by atoms with Crippen molar-refractivity contribution in [2.45, 2.75) is 6.92 Å². The SMILES string of the molecule is CCOc1cc(/C=C2\SC(=Nc3ccccc3)NC2=O)ccc1OC(=O)c1cccc2ccccc12. The van der Waals surface area contributed by atoms with Gasteiger partial charge >= 0.3 is 5.97 Å². The summed E-state index contributed by atoms with van der Waals surface area (Å²) in [6.07, 6.45) is 1.76. The van der Waals surface area contributed by atoms with Crippen molar-refractivity contribution in [3.63, 3.8) is 0 Å². The van der Waals surface area contributed by atoms with Gasteiger partial charge in [-0.05, 0) is 71.4 Å². The Morgan fingerprint density at radius 1 is 0.944 bits per heavy atom. The summed E-state index contributed by atoms with van der Waals surface area (Å²) in [5.41, 5.74) is 1.98. The minimum atomic E-state index is -0.466. The zero-order valence-corrected chi connectivity index (χ0v) is 20.2. The number of hydrogen-bond donors (Lipinski definition) is 1. The number of hydrogen-bond acceptors (Lipinski definition) is 6. The summed E-state index contributed by atoms with van der Waals surface area (Å²) in [6, 6.07) is 27.8. The van der Waals surface area contributed by atoms with Crippen molar-refractivity contribution in [1.29, 1.82) is 0 Å². The minimum Gasteiger partial charge on any atom is -0.490 e. The first-order valence-corrected chi connectivity index (χ1v) is 12.2. The number of benzene rings is 4. The van der Waals surface area contributed by atoms with Crippen LogP contribution < -0.4 is 14.8 Å². The molecule has 4 aromatic carbocycles. The molecule has 0 saturated carbocycles. The molecular formula is C29H22N2O4S. The van der Waals surface area contributed by atoms with Crippen LogP contribution in [0.4, 0.5) is 5.69 Å². The predicted molar refractivity (Wildman–Crippen MR) is 144 cm³/mol. The van der Waals surface area contributed by atoms with Crippen LogP contribution in [-0.2, 0) is 4.79 Å². The van der Waals surface area contributed by atoms with Gasteiger partial charge in [-0.3, -0.25) is 4.79 Å². The van der Waals surface area contributed by atoms with E-state index in [4.69, 9.17) is 9.47 Å². The number of fused-ring (bicyclic) bond motifs is 1. The van der Waals surface area contributed by atoms with E-state index in [2.05, 4.69) is 10.3 Å². The van der Waals surface area contributed by atoms with Gasteiger partial charge in [-0.1, -0.05) is 60.7 Å². The van der Waals surface area contributed by atoms with Crippen LogP contribution in [0, 0.1) is 0 Å². The number of para-hydroxylation sites is 1. The number of carbonyl (C=O) groups is 2. The quantitative estimate of drug-likeness (QED) is 0.192. The van der Waals surface area contributed by atoms with E-state index in [9.17, 15) is 9.59 Å².